The molecule has 0 heterocycles. The Morgan fingerprint density at radius 2 is 2.05 bits per heavy atom. The summed E-state index contributed by atoms with van der Waals surface area (Å²) in [6.07, 6.45) is 2.64. The van der Waals surface area contributed by atoms with E-state index < -0.39 is 0 Å². The Labute approximate surface area is 138 Å². The summed E-state index contributed by atoms with van der Waals surface area (Å²) in [7, 11) is 1.71. The van der Waals surface area contributed by atoms with Crippen LogP contribution in [0.25, 0.3) is 0 Å². The minimum atomic E-state index is 0.736. The maximum absolute atomic E-state index is 5.40. The quantitative estimate of drug-likeness (QED) is 0.791. The Bertz CT molecular complexity index is 628. The van der Waals surface area contributed by atoms with Crippen LogP contribution in [-0.2, 0) is 6.54 Å². The van der Waals surface area contributed by atoms with E-state index >= 15 is 0 Å². The molecule has 4 heteroatoms. The van der Waals surface area contributed by atoms with Gasteiger partial charge in [-0.2, -0.15) is 0 Å². The molecule has 2 aromatic carbocycles. The first-order valence-electron chi connectivity index (χ1n) is 7.09. The Morgan fingerprint density at radius 3 is 2.76 bits per heavy atom. The summed E-state index contributed by atoms with van der Waals surface area (Å²) < 4.78 is 6.56. The second kappa shape index (κ2) is 6.86. The Balaban J connectivity index is 1.71. The van der Waals surface area contributed by atoms with Crippen molar-refractivity contribution in [2.24, 2.45) is 0 Å². The number of hydrogen-bond acceptors (Lipinski definition) is 3. The molecule has 1 aliphatic carbocycles. The molecule has 110 valence electrons. The molecule has 3 rings (SSSR count). The maximum Gasteiger partial charge on any atom is 0.132 e. The first kappa shape index (κ1) is 14.9. The van der Waals surface area contributed by atoms with Gasteiger partial charge >= 0.3 is 0 Å². The van der Waals surface area contributed by atoms with Gasteiger partial charge in [-0.1, -0.05) is 45.9 Å². The largest absolute Gasteiger partial charge is 0.496 e. The number of halogens is 1. The van der Waals surface area contributed by atoms with Gasteiger partial charge in [-0.3, -0.25) is 0 Å². The lowest BCUT2D eigenvalue weighted by molar-refractivity contribution is 0.405. The van der Waals surface area contributed by atoms with Crippen molar-refractivity contribution in [3.8, 4) is 5.75 Å². The van der Waals surface area contributed by atoms with Gasteiger partial charge in [-0.05, 0) is 42.7 Å². The highest BCUT2D eigenvalue weighted by atomic mass is 79.9. The molecule has 0 amide bonds. The van der Waals surface area contributed by atoms with Crippen molar-refractivity contribution in [3.63, 3.8) is 0 Å². The van der Waals surface area contributed by atoms with Gasteiger partial charge in [0.05, 0.1) is 12.0 Å². The minimum absolute atomic E-state index is 0.736. The second-order valence-electron chi connectivity index (χ2n) is 5.16. The van der Waals surface area contributed by atoms with Crippen LogP contribution in [0.15, 0.2) is 56.7 Å². The molecule has 2 aromatic rings. The predicted molar refractivity (Wildman–Crippen MR) is 91.1 cm³/mol. The summed E-state index contributed by atoms with van der Waals surface area (Å²) in [5.74, 6) is 0.915. The Morgan fingerprint density at radius 1 is 1.24 bits per heavy atom. The van der Waals surface area contributed by atoms with Gasteiger partial charge < -0.3 is 10.1 Å². The molecule has 0 radical (unpaired) electrons. The zero-order valence-electron chi connectivity index (χ0n) is 11.9. The van der Waals surface area contributed by atoms with Crippen LogP contribution >= 0.6 is 27.7 Å². The van der Waals surface area contributed by atoms with E-state index in [-0.39, 0.29) is 0 Å². The van der Waals surface area contributed by atoms with Crippen LogP contribution in [0.3, 0.4) is 0 Å². The predicted octanol–water partition coefficient (Wildman–Crippen LogP) is 4.86. The standard InChI is InChI=1S/C17H18BrNOS/c1-20-16-4-2-3-5-17(16)21-14-9-6-12(15(18)10-14)11-19-13-7-8-13/h2-6,9-10,13,19H,7-8,11H2,1H3. The molecule has 2 nitrogen and oxygen atoms in total. The molecule has 0 saturated heterocycles. The van der Waals surface area contributed by atoms with Crippen molar-refractivity contribution in [1.29, 1.82) is 0 Å². The lowest BCUT2D eigenvalue weighted by Crippen LogP contribution is -2.15. The first-order valence-corrected chi connectivity index (χ1v) is 8.70. The van der Waals surface area contributed by atoms with Crippen molar-refractivity contribution >= 4 is 27.7 Å². The zero-order chi connectivity index (χ0) is 14.7. The smallest absolute Gasteiger partial charge is 0.132 e. The highest BCUT2D eigenvalue weighted by molar-refractivity contribution is 9.10. The van der Waals surface area contributed by atoms with Crippen molar-refractivity contribution in [2.75, 3.05) is 7.11 Å². The summed E-state index contributed by atoms with van der Waals surface area (Å²) in [5, 5.41) is 3.54. The van der Waals surface area contributed by atoms with Crippen molar-refractivity contribution in [2.45, 2.75) is 35.2 Å². The van der Waals surface area contributed by atoms with Gasteiger partial charge in [0.2, 0.25) is 0 Å². The third-order valence-corrected chi connectivity index (χ3v) is 5.26. The van der Waals surface area contributed by atoms with E-state index in [1.54, 1.807) is 18.9 Å². The van der Waals surface area contributed by atoms with E-state index in [4.69, 9.17) is 4.74 Å². The monoisotopic (exact) mass is 363 g/mol. The summed E-state index contributed by atoms with van der Waals surface area (Å²) in [6.45, 7) is 0.935. The van der Waals surface area contributed by atoms with Gasteiger partial charge in [0, 0.05) is 22.0 Å². The lowest BCUT2D eigenvalue weighted by atomic mass is 10.2. The van der Waals surface area contributed by atoms with E-state index in [0.717, 1.165) is 27.7 Å². The zero-order valence-corrected chi connectivity index (χ0v) is 14.3. The Kier molecular flexibility index (Phi) is 4.88. The number of hydrogen-bond donors (Lipinski definition) is 1. The molecule has 0 aliphatic heterocycles. The van der Waals surface area contributed by atoms with Crippen molar-refractivity contribution in [1.82, 2.24) is 5.32 Å². The fourth-order valence-corrected chi connectivity index (χ4v) is 3.74. The average Bonchev–Trinajstić information content (AvgIpc) is 3.31. The molecule has 1 saturated carbocycles. The first-order chi connectivity index (χ1) is 10.3. The summed E-state index contributed by atoms with van der Waals surface area (Å²) in [6, 6.07) is 15.4. The van der Waals surface area contributed by atoms with Gasteiger partial charge in [-0.25, -0.2) is 0 Å². The summed E-state index contributed by atoms with van der Waals surface area (Å²) in [5.41, 5.74) is 1.31. The topological polar surface area (TPSA) is 21.3 Å². The van der Waals surface area contributed by atoms with Crippen LogP contribution in [0, 0.1) is 0 Å². The number of nitrogens with one attached hydrogen (secondary N) is 1. The molecule has 1 N–H and O–H groups in total. The molecular formula is C17H18BrNOS. The number of benzene rings is 2. The molecule has 21 heavy (non-hydrogen) atoms. The number of ether oxygens (including phenoxy) is 1. The highest BCUT2D eigenvalue weighted by Gasteiger charge is 2.20. The molecule has 0 aromatic heterocycles. The van der Waals surface area contributed by atoms with Gasteiger partial charge in [0.1, 0.15) is 5.75 Å². The molecular weight excluding hydrogens is 346 g/mol. The van der Waals surface area contributed by atoms with E-state index in [9.17, 15) is 0 Å². The van der Waals surface area contributed by atoms with E-state index in [2.05, 4.69) is 45.5 Å². The average molecular weight is 364 g/mol. The van der Waals surface area contributed by atoms with Crippen LogP contribution in [-0.4, -0.2) is 13.2 Å². The minimum Gasteiger partial charge on any atom is -0.496 e. The molecule has 0 atom stereocenters. The van der Waals surface area contributed by atoms with E-state index in [0.29, 0.717) is 0 Å². The third kappa shape index (κ3) is 4.02. The normalized spacial score (nSPS) is 14.2. The highest BCUT2D eigenvalue weighted by Crippen LogP contribution is 2.36. The summed E-state index contributed by atoms with van der Waals surface area (Å²) in [4.78, 5) is 2.34. The van der Waals surface area contributed by atoms with Gasteiger partial charge in [0.15, 0.2) is 0 Å². The van der Waals surface area contributed by atoms with Crippen molar-refractivity contribution in [3.05, 3.63) is 52.5 Å². The Hall–Kier alpha value is -0.970. The lowest BCUT2D eigenvalue weighted by Gasteiger charge is -2.10. The van der Waals surface area contributed by atoms with E-state index in [1.807, 2.05) is 18.2 Å². The second-order valence-corrected chi connectivity index (χ2v) is 7.13. The molecule has 1 fully saturated rings. The fourth-order valence-electron chi connectivity index (χ4n) is 2.11. The van der Waals surface area contributed by atoms with E-state index in [1.165, 1.54) is 23.3 Å². The molecule has 0 spiro atoms. The van der Waals surface area contributed by atoms with Crippen LogP contribution in [0.1, 0.15) is 18.4 Å². The van der Waals surface area contributed by atoms with Crippen LogP contribution in [0.2, 0.25) is 0 Å². The number of rotatable bonds is 6. The van der Waals surface area contributed by atoms with Gasteiger partial charge in [0.25, 0.3) is 0 Å². The molecule has 0 unspecified atom stereocenters. The van der Waals surface area contributed by atoms with Crippen molar-refractivity contribution < 1.29 is 4.74 Å². The summed E-state index contributed by atoms with van der Waals surface area (Å²) >= 11 is 5.41. The van der Waals surface area contributed by atoms with Crippen LogP contribution < -0.4 is 10.1 Å². The number of methoxy groups -OCH3 is 1. The fraction of sp³-hybridized carbons (Fsp3) is 0.294. The van der Waals surface area contributed by atoms with Crippen LogP contribution in [0.5, 0.6) is 5.75 Å². The SMILES string of the molecule is COc1ccccc1Sc1ccc(CNC2CC2)c(Br)c1. The van der Waals surface area contributed by atoms with Crippen LogP contribution in [0.4, 0.5) is 0 Å². The molecule has 0 bridgehead atoms. The molecule has 1 aliphatic rings. The maximum atomic E-state index is 5.40. The third-order valence-electron chi connectivity index (χ3n) is 3.48. The van der Waals surface area contributed by atoms with Gasteiger partial charge in [-0.15, -0.1) is 0 Å². The number of para-hydroxylation sites is 1.